The van der Waals surface area contributed by atoms with E-state index < -0.39 is 0 Å². The van der Waals surface area contributed by atoms with Gasteiger partial charge in [0.2, 0.25) is 0 Å². The van der Waals surface area contributed by atoms with Crippen molar-refractivity contribution in [1.29, 1.82) is 0 Å². The summed E-state index contributed by atoms with van der Waals surface area (Å²) in [5, 5.41) is 0. The molecule has 0 heterocycles. The van der Waals surface area contributed by atoms with Crippen LogP contribution in [0.1, 0.15) is 32.6 Å². The Balaban J connectivity index is 2.63. The first-order valence-corrected chi connectivity index (χ1v) is 5.25. The standard InChI is InChI=1S/C11H17NO3/c1-8(13)9-5-3-4-6-10(9)12-7-11(14)15-2/h9H,3-7H2,1-2H3. The van der Waals surface area contributed by atoms with Gasteiger partial charge in [-0.3, -0.25) is 14.6 Å². The Kier molecular flexibility index (Phi) is 4.46. The molecule has 1 fully saturated rings. The van der Waals surface area contributed by atoms with E-state index in [1.54, 1.807) is 6.92 Å². The number of rotatable bonds is 3. The SMILES string of the molecule is COC(=O)CN=C1CCCCC1C(C)=O. The number of nitrogens with zero attached hydrogens (tertiary/aromatic N) is 1. The highest BCUT2D eigenvalue weighted by Crippen LogP contribution is 2.22. The van der Waals surface area contributed by atoms with Crippen molar-refractivity contribution >= 4 is 17.5 Å². The smallest absolute Gasteiger partial charge is 0.327 e. The van der Waals surface area contributed by atoms with Crippen molar-refractivity contribution in [2.75, 3.05) is 13.7 Å². The Hall–Kier alpha value is -1.19. The molecule has 0 aromatic rings. The molecule has 15 heavy (non-hydrogen) atoms. The number of aliphatic imine (C=N–C) groups is 1. The lowest BCUT2D eigenvalue weighted by Crippen LogP contribution is -2.26. The maximum Gasteiger partial charge on any atom is 0.327 e. The molecular formula is C11H17NO3. The topological polar surface area (TPSA) is 55.7 Å². The molecule has 1 aliphatic rings. The first-order valence-electron chi connectivity index (χ1n) is 5.25. The summed E-state index contributed by atoms with van der Waals surface area (Å²) >= 11 is 0. The van der Waals surface area contributed by atoms with E-state index in [4.69, 9.17) is 0 Å². The summed E-state index contributed by atoms with van der Waals surface area (Å²) in [6.45, 7) is 1.62. The predicted molar refractivity (Wildman–Crippen MR) is 57.0 cm³/mol. The largest absolute Gasteiger partial charge is 0.468 e. The fraction of sp³-hybridized carbons (Fsp3) is 0.727. The number of carbonyl (C=O) groups is 2. The van der Waals surface area contributed by atoms with E-state index in [0.717, 1.165) is 31.4 Å². The van der Waals surface area contributed by atoms with Gasteiger partial charge in [-0.1, -0.05) is 6.42 Å². The van der Waals surface area contributed by atoms with Crippen LogP contribution in [-0.2, 0) is 14.3 Å². The molecular weight excluding hydrogens is 194 g/mol. The number of hydrogen-bond donors (Lipinski definition) is 0. The van der Waals surface area contributed by atoms with Gasteiger partial charge in [-0.05, 0) is 26.2 Å². The van der Waals surface area contributed by atoms with Crippen LogP contribution in [0.4, 0.5) is 0 Å². The zero-order valence-corrected chi connectivity index (χ0v) is 9.28. The van der Waals surface area contributed by atoms with Crippen LogP contribution >= 0.6 is 0 Å². The molecule has 1 aliphatic carbocycles. The van der Waals surface area contributed by atoms with Gasteiger partial charge in [0.15, 0.2) is 0 Å². The van der Waals surface area contributed by atoms with Crippen LogP contribution in [0, 0.1) is 5.92 Å². The number of ketones is 1. The third kappa shape index (κ3) is 3.46. The van der Waals surface area contributed by atoms with E-state index in [1.165, 1.54) is 7.11 Å². The monoisotopic (exact) mass is 211 g/mol. The molecule has 0 aromatic heterocycles. The highest BCUT2D eigenvalue weighted by molar-refractivity contribution is 6.05. The van der Waals surface area contributed by atoms with Gasteiger partial charge in [0.05, 0.1) is 13.0 Å². The van der Waals surface area contributed by atoms with Crippen molar-refractivity contribution in [2.24, 2.45) is 10.9 Å². The molecule has 0 saturated heterocycles. The molecule has 0 bridgehead atoms. The van der Waals surface area contributed by atoms with E-state index in [0.29, 0.717) is 0 Å². The number of Topliss-reactive ketones (excluding diaryl/α,β-unsaturated/α-hetero) is 1. The predicted octanol–water partition coefficient (Wildman–Crippen LogP) is 1.38. The molecule has 0 aliphatic heterocycles. The van der Waals surface area contributed by atoms with E-state index in [9.17, 15) is 9.59 Å². The third-order valence-corrected chi connectivity index (χ3v) is 2.71. The summed E-state index contributed by atoms with van der Waals surface area (Å²) in [4.78, 5) is 26.4. The van der Waals surface area contributed by atoms with Crippen molar-refractivity contribution in [3.8, 4) is 0 Å². The lowest BCUT2D eigenvalue weighted by atomic mass is 9.85. The Bertz CT molecular complexity index is 284. The van der Waals surface area contributed by atoms with Crippen molar-refractivity contribution < 1.29 is 14.3 Å². The van der Waals surface area contributed by atoms with Crippen molar-refractivity contribution in [1.82, 2.24) is 0 Å². The molecule has 4 heteroatoms. The van der Waals surface area contributed by atoms with Crippen LogP contribution in [0.3, 0.4) is 0 Å². The third-order valence-electron chi connectivity index (χ3n) is 2.71. The van der Waals surface area contributed by atoms with Gasteiger partial charge in [-0.15, -0.1) is 0 Å². The van der Waals surface area contributed by atoms with Gasteiger partial charge < -0.3 is 4.74 Å². The molecule has 4 nitrogen and oxygen atoms in total. The van der Waals surface area contributed by atoms with E-state index in [2.05, 4.69) is 9.73 Å². The van der Waals surface area contributed by atoms with Crippen LogP contribution in [0.25, 0.3) is 0 Å². The maximum absolute atomic E-state index is 11.3. The van der Waals surface area contributed by atoms with E-state index >= 15 is 0 Å². The summed E-state index contributed by atoms with van der Waals surface area (Å²) in [7, 11) is 1.34. The van der Waals surface area contributed by atoms with Gasteiger partial charge in [-0.2, -0.15) is 0 Å². The van der Waals surface area contributed by atoms with Crippen LogP contribution in [0.15, 0.2) is 4.99 Å². The number of hydrogen-bond acceptors (Lipinski definition) is 4. The summed E-state index contributed by atoms with van der Waals surface area (Å²) < 4.78 is 4.51. The fourth-order valence-electron chi connectivity index (χ4n) is 1.85. The lowest BCUT2D eigenvalue weighted by molar-refractivity contribution is -0.138. The van der Waals surface area contributed by atoms with Crippen molar-refractivity contribution in [3.05, 3.63) is 0 Å². The Morgan fingerprint density at radius 3 is 2.80 bits per heavy atom. The Morgan fingerprint density at radius 2 is 2.20 bits per heavy atom. The van der Waals surface area contributed by atoms with E-state index in [1.807, 2.05) is 0 Å². The second-order valence-electron chi connectivity index (χ2n) is 3.79. The fourth-order valence-corrected chi connectivity index (χ4v) is 1.85. The van der Waals surface area contributed by atoms with Crippen LogP contribution in [0.2, 0.25) is 0 Å². The minimum absolute atomic E-state index is 0.0373. The van der Waals surface area contributed by atoms with Crippen LogP contribution < -0.4 is 0 Å². The minimum atomic E-state index is -0.352. The zero-order valence-electron chi connectivity index (χ0n) is 9.28. The average molecular weight is 211 g/mol. The summed E-state index contributed by atoms with van der Waals surface area (Å²) in [6, 6.07) is 0. The number of carbonyl (C=O) groups excluding carboxylic acids is 2. The van der Waals surface area contributed by atoms with Gasteiger partial charge in [0.1, 0.15) is 12.3 Å². The van der Waals surface area contributed by atoms with E-state index in [-0.39, 0.29) is 24.2 Å². The molecule has 1 rings (SSSR count). The van der Waals surface area contributed by atoms with Gasteiger partial charge in [-0.25, -0.2) is 0 Å². The van der Waals surface area contributed by atoms with Crippen LogP contribution in [0.5, 0.6) is 0 Å². The molecule has 0 spiro atoms. The van der Waals surface area contributed by atoms with Crippen molar-refractivity contribution in [2.45, 2.75) is 32.6 Å². The van der Waals surface area contributed by atoms with Gasteiger partial charge in [0.25, 0.3) is 0 Å². The summed E-state index contributed by atoms with van der Waals surface area (Å²) in [5.41, 5.74) is 0.874. The second kappa shape index (κ2) is 5.63. The minimum Gasteiger partial charge on any atom is -0.468 e. The summed E-state index contributed by atoms with van der Waals surface area (Å²) in [5.74, 6) is -0.267. The number of ether oxygens (including phenoxy) is 1. The second-order valence-corrected chi connectivity index (χ2v) is 3.79. The first kappa shape index (κ1) is 11.9. The quantitative estimate of drug-likeness (QED) is 0.663. The molecule has 0 radical (unpaired) electrons. The zero-order chi connectivity index (χ0) is 11.3. The Labute approximate surface area is 89.7 Å². The highest BCUT2D eigenvalue weighted by Gasteiger charge is 2.24. The molecule has 0 N–H and O–H groups in total. The summed E-state index contributed by atoms with van der Waals surface area (Å²) in [6.07, 6.45) is 3.84. The molecule has 0 aromatic carbocycles. The molecule has 1 atom stereocenters. The Morgan fingerprint density at radius 1 is 1.47 bits per heavy atom. The van der Waals surface area contributed by atoms with Crippen molar-refractivity contribution in [3.63, 3.8) is 0 Å². The molecule has 0 amide bonds. The highest BCUT2D eigenvalue weighted by atomic mass is 16.5. The normalized spacial score (nSPS) is 23.9. The molecule has 1 saturated carbocycles. The van der Waals surface area contributed by atoms with Gasteiger partial charge >= 0.3 is 5.97 Å². The molecule has 84 valence electrons. The van der Waals surface area contributed by atoms with Gasteiger partial charge in [0, 0.05) is 5.71 Å². The average Bonchev–Trinajstić information content (AvgIpc) is 2.26. The van der Waals surface area contributed by atoms with Crippen LogP contribution in [-0.4, -0.2) is 31.1 Å². The molecule has 1 unspecified atom stereocenters. The maximum atomic E-state index is 11.3. The lowest BCUT2D eigenvalue weighted by Gasteiger charge is -2.21. The first-order chi connectivity index (χ1) is 7.15. The number of esters is 1. The number of methoxy groups -OCH3 is 1.